The molecule has 1 aromatic heterocycles. The molecule has 40 heavy (non-hydrogen) atoms. The lowest BCUT2D eigenvalue weighted by Crippen LogP contribution is -2.28. The number of hydrogen-bond acceptors (Lipinski definition) is 8. The smallest absolute Gasteiger partial charge is 0.453 e. The normalized spacial score (nSPS) is 10.3. The molecule has 3 aromatic carbocycles. The van der Waals surface area contributed by atoms with Crippen LogP contribution < -0.4 is 10.3 Å². The number of hydrogen-bond donors (Lipinski definition) is 0. The van der Waals surface area contributed by atoms with E-state index >= 15 is 4.39 Å². The van der Waals surface area contributed by atoms with Crippen LogP contribution in [0.15, 0.2) is 71.5 Å². The summed E-state index contributed by atoms with van der Waals surface area (Å²) in [6.45, 7) is 1.05. The fourth-order valence-electron chi connectivity index (χ4n) is 3.69. The maximum Gasteiger partial charge on any atom is 0.510 e. The zero-order valence-corrected chi connectivity index (χ0v) is 21.8. The zero-order valence-electron chi connectivity index (χ0n) is 21.1. The molecule has 0 atom stereocenters. The predicted octanol–water partition coefficient (Wildman–Crippen LogP) is 5.78. The molecule has 11 heteroatoms. The van der Waals surface area contributed by atoms with E-state index in [1.807, 2.05) is 18.2 Å². The van der Waals surface area contributed by atoms with Crippen molar-refractivity contribution in [3.8, 4) is 23.6 Å². The summed E-state index contributed by atoms with van der Waals surface area (Å²) in [7, 11) is 0. The van der Waals surface area contributed by atoms with Crippen LogP contribution in [0.4, 0.5) is 9.18 Å². The van der Waals surface area contributed by atoms with Crippen LogP contribution in [0.5, 0.6) is 11.5 Å². The summed E-state index contributed by atoms with van der Waals surface area (Å²) in [6.07, 6.45) is -1.04. The number of halogens is 2. The standard InChI is InChI=1S/C29H20ClFN4O5/c1-18-9-23(34-35(28(18)36)17-39-29(37)38-16-19-5-3-2-4-6-19)13-22-7-8-25(30)27(26(22)31)40-24-11-20(14-32)10-21(12-24)15-33/h2-12H,13,16-17H2,1H3. The molecule has 0 unspecified atom stereocenters. The number of carbonyl (C=O) groups excluding carboxylic acids is 1. The molecule has 4 rings (SSSR count). The third-order valence-electron chi connectivity index (χ3n) is 5.59. The summed E-state index contributed by atoms with van der Waals surface area (Å²) in [4.78, 5) is 24.6. The molecular formula is C29H20ClFN4O5. The minimum atomic E-state index is -0.980. The lowest BCUT2D eigenvalue weighted by Gasteiger charge is -2.13. The Bertz CT molecular complexity index is 1680. The molecular weight excluding hydrogens is 539 g/mol. The van der Waals surface area contributed by atoms with Gasteiger partial charge in [0.25, 0.3) is 5.56 Å². The molecule has 0 aliphatic heterocycles. The van der Waals surface area contributed by atoms with Crippen LogP contribution in [0.1, 0.15) is 33.5 Å². The van der Waals surface area contributed by atoms with Crippen LogP contribution in [-0.2, 0) is 29.2 Å². The van der Waals surface area contributed by atoms with Crippen LogP contribution in [0, 0.1) is 35.4 Å². The molecule has 0 spiro atoms. The molecule has 1 heterocycles. The third-order valence-corrected chi connectivity index (χ3v) is 5.89. The van der Waals surface area contributed by atoms with Crippen LogP contribution in [0.25, 0.3) is 0 Å². The first-order valence-electron chi connectivity index (χ1n) is 11.8. The molecule has 0 amide bonds. The van der Waals surface area contributed by atoms with E-state index in [2.05, 4.69) is 5.10 Å². The molecule has 9 nitrogen and oxygen atoms in total. The summed E-state index contributed by atoms with van der Waals surface area (Å²) in [5.74, 6) is -1.02. The van der Waals surface area contributed by atoms with Gasteiger partial charge in [-0.2, -0.15) is 20.3 Å². The Morgan fingerprint density at radius 2 is 1.73 bits per heavy atom. The lowest BCUT2D eigenvalue weighted by atomic mass is 10.1. The van der Waals surface area contributed by atoms with E-state index in [0.29, 0.717) is 11.3 Å². The van der Waals surface area contributed by atoms with E-state index in [1.165, 1.54) is 36.4 Å². The number of benzene rings is 3. The second-order valence-electron chi connectivity index (χ2n) is 8.52. The van der Waals surface area contributed by atoms with Gasteiger partial charge in [0.15, 0.2) is 18.3 Å². The highest BCUT2D eigenvalue weighted by molar-refractivity contribution is 6.32. The minimum absolute atomic E-state index is 0.0000528. The molecule has 0 aliphatic carbocycles. The Balaban J connectivity index is 1.51. The number of carbonyl (C=O) groups is 1. The highest BCUT2D eigenvalue weighted by Crippen LogP contribution is 2.35. The summed E-state index contributed by atoms with van der Waals surface area (Å²) in [5, 5.41) is 22.6. The molecule has 0 fully saturated rings. The summed E-state index contributed by atoms with van der Waals surface area (Å²) in [6, 6.07) is 21.3. The minimum Gasteiger partial charge on any atom is -0.453 e. The van der Waals surface area contributed by atoms with E-state index < -0.39 is 24.3 Å². The van der Waals surface area contributed by atoms with Gasteiger partial charge < -0.3 is 14.2 Å². The van der Waals surface area contributed by atoms with Crippen LogP contribution >= 0.6 is 11.6 Å². The number of rotatable bonds is 8. The topological polar surface area (TPSA) is 127 Å². The van der Waals surface area contributed by atoms with Crippen LogP contribution in [0.3, 0.4) is 0 Å². The van der Waals surface area contributed by atoms with Gasteiger partial charge in [-0.15, -0.1) is 0 Å². The van der Waals surface area contributed by atoms with Gasteiger partial charge in [0.2, 0.25) is 0 Å². The van der Waals surface area contributed by atoms with E-state index in [0.717, 1.165) is 10.2 Å². The lowest BCUT2D eigenvalue weighted by molar-refractivity contribution is 0.0242. The van der Waals surface area contributed by atoms with Gasteiger partial charge in [0.1, 0.15) is 12.4 Å². The van der Waals surface area contributed by atoms with Crippen molar-refractivity contribution < 1.29 is 23.4 Å². The van der Waals surface area contributed by atoms with Crippen molar-refractivity contribution in [2.45, 2.75) is 26.7 Å². The molecule has 200 valence electrons. The first kappa shape index (κ1) is 27.8. The van der Waals surface area contributed by atoms with Gasteiger partial charge in [0, 0.05) is 12.0 Å². The quantitative estimate of drug-likeness (QED) is 0.249. The van der Waals surface area contributed by atoms with Crippen LogP contribution in [0.2, 0.25) is 5.02 Å². The molecule has 0 N–H and O–H groups in total. The Morgan fingerprint density at radius 1 is 1.02 bits per heavy atom. The van der Waals surface area contributed by atoms with Crippen molar-refractivity contribution in [1.29, 1.82) is 10.5 Å². The van der Waals surface area contributed by atoms with E-state index in [1.54, 1.807) is 31.2 Å². The summed E-state index contributed by atoms with van der Waals surface area (Å²) >= 11 is 6.19. The number of ether oxygens (including phenoxy) is 3. The zero-order chi connectivity index (χ0) is 28.6. The molecule has 0 bridgehead atoms. The molecule has 0 radical (unpaired) electrons. The molecule has 0 saturated heterocycles. The SMILES string of the molecule is Cc1cc(Cc2ccc(Cl)c(Oc3cc(C#N)cc(C#N)c3)c2F)nn(COC(=O)OCc2ccccc2)c1=O. The van der Waals surface area contributed by atoms with Crippen molar-refractivity contribution in [1.82, 2.24) is 9.78 Å². The summed E-state index contributed by atoms with van der Waals surface area (Å²) < 4.78 is 32.2. The number of nitriles is 2. The fraction of sp³-hybridized carbons (Fsp3) is 0.138. The first-order chi connectivity index (χ1) is 19.3. The second-order valence-corrected chi connectivity index (χ2v) is 8.93. The first-order valence-corrected chi connectivity index (χ1v) is 12.2. The number of aromatic nitrogens is 2. The Morgan fingerprint density at radius 3 is 2.40 bits per heavy atom. The van der Waals surface area contributed by atoms with Gasteiger partial charge in [0.05, 0.1) is 34.0 Å². The fourth-order valence-corrected chi connectivity index (χ4v) is 3.88. The summed E-state index contributed by atoms with van der Waals surface area (Å²) in [5.41, 5.74) is 1.36. The monoisotopic (exact) mass is 558 g/mol. The van der Waals surface area contributed by atoms with Crippen LogP contribution in [-0.4, -0.2) is 15.9 Å². The Labute approximate surface area is 233 Å². The van der Waals surface area contributed by atoms with Gasteiger partial charge >= 0.3 is 6.16 Å². The second kappa shape index (κ2) is 12.6. The highest BCUT2D eigenvalue weighted by atomic mass is 35.5. The van der Waals surface area contributed by atoms with Gasteiger partial charge in [-0.25, -0.2) is 9.18 Å². The number of aryl methyl sites for hydroxylation is 1. The molecule has 0 saturated carbocycles. The largest absolute Gasteiger partial charge is 0.510 e. The van der Waals surface area contributed by atoms with Gasteiger partial charge in [-0.05, 0) is 48.4 Å². The van der Waals surface area contributed by atoms with E-state index in [-0.39, 0.29) is 46.2 Å². The van der Waals surface area contributed by atoms with Crippen molar-refractivity contribution in [3.63, 3.8) is 0 Å². The Kier molecular flexibility index (Phi) is 8.75. The van der Waals surface area contributed by atoms with Gasteiger partial charge in [-0.1, -0.05) is 48.0 Å². The molecule has 0 aliphatic rings. The van der Waals surface area contributed by atoms with E-state index in [4.69, 9.17) is 25.8 Å². The average molecular weight is 559 g/mol. The van der Waals surface area contributed by atoms with Crippen molar-refractivity contribution >= 4 is 17.8 Å². The van der Waals surface area contributed by atoms with Crippen molar-refractivity contribution in [3.05, 3.63) is 121 Å². The molecule has 4 aromatic rings. The van der Waals surface area contributed by atoms with Gasteiger partial charge in [-0.3, -0.25) is 4.79 Å². The highest BCUT2D eigenvalue weighted by Gasteiger charge is 2.18. The third kappa shape index (κ3) is 6.81. The maximum absolute atomic E-state index is 15.5. The van der Waals surface area contributed by atoms with E-state index in [9.17, 15) is 20.1 Å². The maximum atomic E-state index is 15.5. The van der Waals surface area contributed by atoms with Crippen molar-refractivity contribution in [2.24, 2.45) is 0 Å². The number of nitrogens with zero attached hydrogens (tertiary/aromatic N) is 4. The Hall–Kier alpha value is -5.19. The van der Waals surface area contributed by atoms with Crippen molar-refractivity contribution in [2.75, 3.05) is 0 Å². The predicted molar refractivity (Wildman–Crippen MR) is 141 cm³/mol. The average Bonchev–Trinajstić information content (AvgIpc) is 2.96.